The summed E-state index contributed by atoms with van der Waals surface area (Å²) in [6.45, 7) is 0.425. The fourth-order valence-electron chi connectivity index (χ4n) is 5.82. The zero-order valence-corrected chi connectivity index (χ0v) is 21.1. The van der Waals surface area contributed by atoms with Crippen molar-refractivity contribution in [1.29, 1.82) is 0 Å². The van der Waals surface area contributed by atoms with Gasteiger partial charge in [0.1, 0.15) is 5.70 Å². The lowest BCUT2D eigenvalue weighted by Gasteiger charge is -2.50. The fourth-order valence-corrected chi connectivity index (χ4v) is 5.82. The summed E-state index contributed by atoms with van der Waals surface area (Å²) in [5.74, 6) is -0.872. The molecule has 0 spiro atoms. The van der Waals surface area contributed by atoms with Gasteiger partial charge in [0.25, 0.3) is 0 Å². The van der Waals surface area contributed by atoms with Gasteiger partial charge in [0.05, 0.1) is 32.8 Å². The molecule has 9 nitrogen and oxygen atoms in total. The molecule has 0 N–H and O–H groups in total. The van der Waals surface area contributed by atoms with E-state index in [1.807, 2.05) is 6.07 Å². The Bertz CT molecular complexity index is 1070. The maximum Gasteiger partial charge on any atom is 0.354 e. The largest absolute Gasteiger partial charge is 0.493 e. The maximum absolute atomic E-state index is 12.5. The van der Waals surface area contributed by atoms with E-state index >= 15 is 0 Å². The monoisotopic (exact) mass is 487 g/mol. The van der Waals surface area contributed by atoms with Crippen LogP contribution in [-0.2, 0) is 40.4 Å². The van der Waals surface area contributed by atoms with Gasteiger partial charge in [-0.1, -0.05) is 17.7 Å². The van der Waals surface area contributed by atoms with E-state index in [4.69, 9.17) is 28.4 Å². The van der Waals surface area contributed by atoms with Crippen molar-refractivity contribution >= 4 is 11.9 Å². The predicted molar refractivity (Wildman–Crippen MR) is 126 cm³/mol. The molecule has 2 atom stereocenters. The second-order valence-electron chi connectivity index (χ2n) is 8.97. The van der Waals surface area contributed by atoms with Crippen LogP contribution in [0.5, 0.6) is 11.5 Å². The van der Waals surface area contributed by atoms with Crippen LogP contribution in [0.4, 0.5) is 0 Å². The highest BCUT2D eigenvalue weighted by Gasteiger charge is 2.64. The molecule has 1 heterocycles. The molecule has 0 amide bonds. The van der Waals surface area contributed by atoms with Gasteiger partial charge < -0.3 is 33.3 Å². The van der Waals surface area contributed by atoms with E-state index in [9.17, 15) is 9.59 Å². The fraction of sp³-hybridized carbons (Fsp3) is 0.538. The van der Waals surface area contributed by atoms with Gasteiger partial charge in [-0.15, -0.1) is 0 Å². The molecular weight excluding hydrogens is 454 g/mol. The third-order valence-electron chi connectivity index (χ3n) is 7.62. The molecule has 1 aliphatic heterocycles. The van der Waals surface area contributed by atoms with E-state index < -0.39 is 29.2 Å². The number of likely N-dealkylation sites (N-methyl/N-ethyl adjacent to an activating group) is 1. The van der Waals surface area contributed by atoms with Gasteiger partial charge in [0, 0.05) is 39.8 Å². The molecule has 9 heteroatoms. The smallest absolute Gasteiger partial charge is 0.354 e. The van der Waals surface area contributed by atoms with E-state index in [1.54, 1.807) is 33.3 Å². The standard InChI is InChI=1S/C26H33NO8/c1-27(18(23(29)32-4)15-20(28)31-3)14-13-25-17-9-7-16-8-10-19(30-2)22(21(16)25)35-24(25)26(33-5,34-6)12-11-17/h8,10-11,15,24H,7,9,12-14H2,1-6H3/b18-15+/t24-,25+/m1/s1. The Labute approximate surface area is 205 Å². The first-order valence-electron chi connectivity index (χ1n) is 11.6. The highest BCUT2D eigenvalue weighted by molar-refractivity contribution is 5.95. The average Bonchev–Trinajstić information content (AvgIpc) is 3.26. The Morgan fingerprint density at radius 3 is 2.49 bits per heavy atom. The molecule has 0 radical (unpaired) electrons. The third-order valence-corrected chi connectivity index (χ3v) is 7.62. The molecule has 190 valence electrons. The van der Waals surface area contributed by atoms with Gasteiger partial charge in [-0.2, -0.15) is 0 Å². The topological polar surface area (TPSA) is 92.8 Å². The van der Waals surface area contributed by atoms with Gasteiger partial charge in [-0.3, -0.25) is 0 Å². The molecule has 0 aromatic heterocycles. The van der Waals surface area contributed by atoms with Crippen LogP contribution in [0, 0.1) is 0 Å². The van der Waals surface area contributed by atoms with Gasteiger partial charge in [-0.25, -0.2) is 9.59 Å². The van der Waals surface area contributed by atoms with Crippen LogP contribution < -0.4 is 9.47 Å². The van der Waals surface area contributed by atoms with Gasteiger partial charge in [0.2, 0.25) is 5.79 Å². The van der Waals surface area contributed by atoms with Crippen molar-refractivity contribution in [2.45, 2.75) is 43.0 Å². The van der Waals surface area contributed by atoms with Gasteiger partial charge >= 0.3 is 11.9 Å². The van der Waals surface area contributed by atoms with Gasteiger partial charge in [0.15, 0.2) is 17.6 Å². The Balaban J connectivity index is 1.81. The second-order valence-corrected chi connectivity index (χ2v) is 8.97. The van der Waals surface area contributed by atoms with Crippen LogP contribution >= 0.6 is 0 Å². The number of hydrogen-bond acceptors (Lipinski definition) is 9. The van der Waals surface area contributed by atoms with Crippen molar-refractivity contribution < 1.29 is 38.0 Å². The number of carbonyl (C=O) groups is 2. The number of hydrogen-bond donors (Lipinski definition) is 0. The van der Waals surface area contributed by atoms with Crippen LogP contribution in [0.3, 0.4) is 0 Å². The van der Waals surface area contributed by atoms with Crippen LogP contribution in [0.2, 0.25) is 0 Å². The van der Waals surface area contributed by atoms with Crippen molar-refractivity contribution in [3.8, 4) is 11.5 Å². The number of aryl methyl sites for hydroxylation is 1. The number of nitrogens with zero attached hydrogens (tertiary/aromatic N) is 1. The van der Waals surface area contributed by atoms with Crippen LogP contribution in [0.15, 0.2) is 35.6 Å². The van der Waals surface area contributed by atoms with E-state index in [0.717, 1.165) is 24.5 Å². The highest BCUT2D eigenvalue weighted by atomic mass is 16.7. The van der Waals surface area contributed by atoms with Crippen LogP contribution in [-0.4, -0.2) is 77.9 Å². The van der Waals surface area contributed by atoms with E-state index in [0.29, 0.717) is 30.9 Å². The maximum atomic E-state index is 12.5. The molecule has 0 fully saturated rings. The van der Waals surface area contributed by atoms with Gasteiger partial charge in [-0.05, 0) is 30.9 Å². The van der Waals surface area contributed by atoms with Crippen LogP contribution in [0.25, 0.3) is 0 Å². The molecule has 0 saturated carbocycles. The minimum atomic E-state index is -0.992. The minimum Gasteiger partial charge on any atom is -0.493 e. The number of carbonyl (C=O) groups excluding carboxylic acids is 2. The first-order valence-corrected chi connectivity index (χ1v) is 11.6. The van der Waals surface area contributed by atoms with Crippen molar-refractivity contribution in [2.24, 2.45) is 0 Å². The molecule has 4 rings (SSSR count). The Morgan fingerprint density at radius 2 is 1.86 bits per heavy atom. The molecule has 1 aromatic carbocycles. The third kappa shape index (κ3) is 3.77. The lowest BCUT2D eigenvalue weighted by molar-refractivity contribution is -0.262. The second kappa shape index (κ2) is 9.54. The Kier molecular flexibility index (Phi) is 6.83. The molecule has 3 aliphatic rings. The highest BCUT2D eigenvalue weighted by Crippen LogP contribution is 2.62. The Hall–Kier alpha value is -3.04. The summed E-state index contributed by atoms with van der Waals surface area (Å²) in [6.07, 6.45) is 5.80. The molecule has 0 saturated heterocycles. The number of methoxy groups -OCH3 is 5. The molecule has 35 heavy (non-hydrogen) atoms. The molecular formula is C26H33NO8. The van der Waals surface area contributed by atoms with Crippen molar-refractivity contribution in [3.63, 3.8) is 0 Å². The minimum absolute atomic E-state index is 0.112. The zero-order chi connectivity index (χ0) is 25.4. The van der Waals surface area contributed by atoms with Crippen molar-refractivity contribution in [3.05, 3.63) is 46.7 Å². The summed E-state index contributed by atoms with van der Waals surface area (Å²) in [6, 6.07) is 4.04. The molecule has 2 aliphatic carbocycles. The first kappa shape index (κ1) is 25.1. The number of esters is 2. The quantitative estimate of drug-likeness (QED) is 0.225. The summed E-state index contributed by atoms with van der Waals surface area (Å²) >= 11 is 0. The predicted octanol–water partition coefficient (Wildman–Crippen LogP) is 2.51. The first-order chi connectivity index (χ1) is 16.8. The van der Waals surface area contributed by atoms with Crippen LogP contribution in [0.1, 0.15) is 30.4 Å². The lowest BCUT2D eigenvalue weighted by atomic mass is 9.58. The molecule has 0 unspecified atom stereocenters. The van der Waals surface area contributed by atoms with E-state index in [2.05, 4.69) is 12.1 Å². The summed E-state index contributed by atoms with van der Waals surface area (Å²) in [5.41, 5.74) is 3.10. The summed E-state index contributed by atoms with van der Waals surface area (Å²) in [7, 11) is 9.18. The van der Waals surface area contributed by atoms with E-state index in [1.165, 1.54) is 25.4 Å². The normalized spacial score (nSPS) is 23.5. The SMILES string of the molecule is COC(=O)/C=C(\C(=O)OC)N(C)CC[C@@]12C3=CCC(OC)(OC)[C@@H]1Oc1c(OC)ccc(c12)CC3. The average molecular weight is 488 g/mol. The number of benzene rings is 1. The number of ether oxygens (including phenoxy) is 6. The number of rotatable bonds is 9. The Morgan fingerprint density at radius 1 is 1.11 bits per heavy atom. The summed E-state index contributed by atoms with van der Waals surface area (Å²) < 4.78 is 33.9. The summed E-state index contributed by atoms with van der Waals surface area (Å²) in [4.78, 5) is 26.1. The van der Waals surface area contributed by atoms with Crippen molar-refractivity contribution in [1.82, 2.24) is 4.90 Å². The summed E-state index contributed by atoms with van der Waals surface area (Å²) in [5, 5.41) is 0. The van der Waals surface area contributed by atoms with E-state index in [-0.39, 0.29) is 5.70 Å². The lowest BCUT2D eigenvalue weighted by Crippen LogP contribution is -2.61. The molecule has 0 bridgehead atoms. The van der Waals surface area contributed by atoms with Crippen molar-refractivity contribution in [2.75, 3.05) is 49.1 Å². The zero-order valence-electron chi connectivity index (χ0n) is 21.1. The molecule has 1 aromatic rings.